The van der Waals surface area contributed by atoms with Crippen molar-refractivity contribution in [3.63, 3.8) is 0 Å². The maximum Gasteiger partial charge on any atom is 0.315 e. The van der Waals surface area contributed by atoms with Crippen molar-refractivity contribution in [3.05, 3.63) is 24.2 Å². The van der Waals surface area contributed by atoms with Crippen LogP contribution in [0.4, 0.5) is 4.79 Å². The van der Waals surface area contributed by atoms with Gasteiger partial charge in [0, 0.05) is 6.04 Å². The molecule has 0 spiro atoms. The van der Waals surface area contributed by atoms with Crippen LogP contribution in [-0.4, -0.2) is 23.7 Å². The van der Waals surface area contributed by atoms with Gasteiger partial charge in [-0.2, -0.15) is 0 Å². The molecule has 0 bridgehead atoms. The number of carbonyl (C=O) groups is 1. The monoisotopic (exact) mass is 280 g/mol. The molecule has 3 N–H and O–H groups in total. The van der Waals surface area contributed by atoms with E-state index in [1.807, 2.05) is 0 Å². The van der Waals surface area contributed by atoms with E-state index in [0.29, 0.717) is 11.7 Å². The van der Waals surface area contributed by atoms with E-state index in [0.717, 1.165) is 19.3 Å². The van der Waals surface area contributed by atoms with E-state index in [9.17, 15) is 9.90 Å². The van der Waals surface area contributed by atoms with Gasteiger partial charge in [0.2, 0.25) is 0 Å². The van der Waals surface area contributed by atoms with E-state index >= 15 is 0 Å². The lowest BCUT2D eigenvalue weighted by atomic mass is 9.87. The molecule has 1 aliphatic rings. The van der Waals surface area contributed by atoms with Gasteiger partial charge in [0.15, 0.2) is 0 Å². The summed E-state index contributed by atoms with van der Waals surface area (Å²) in [5.41, 5.74) is -1.19. The minimum Gasteiger partial charge on any atom is -0.466 e. The number of nitrogens with one attached hydrogen (secondary N) is 2. The molecule has 1 fully saturated rings. The minimum atomic E-state index is -1.19. The fourth-order valence-corrected chi connectivity index (χ4v) is 2.73. The van der Waals surface area contributed by atoms with Crippen LogP contribution in [0.3, 0.4) is 0 Å². The molecular formula is C15H24N2O3. The van der Waals surface area contributed by atoms with Crippen LogP contribution >= 0.6 is 0 Å². The topological polar surface area (TPSA) is 74.5 Å². The second kappa shape index (κ2) is 6.31. The van der Waals surface area contributed by atoms with Gasteiger partial charge in [-0.15, -0.1) is 0 Å². The van der Waals surface area contributed by atoms with Crippen LogP contribution in [0.5, 0.6) is 0 Å². The summed E-state index contributed by atoms with van der Waals surface area (Å²) in [6.07, 6.45) is 5.98. The summed E-state index contributed by atoms with van der Waals surface area (Å²) in [6.45, 7) is 3.96. The SMILES string of the molecule is CC1CCCC(NC(=O)NCC(C)(O)c2ccco2)C1. The highest BCUT2D eigenvalue weighted by Crippen LogP contribution is 2.23. The quantitative estimate of drug-likeness (QED) is 0.792. The zero-order chi connectivity index (χ0) is 14.6. The van der Waals surface area contributed by atoms with Crippen molar-refractivity contribution in [1.29, 1.82) is 0 Å². The van der Waals surface area contributed by atoms with Crippen LogP contribution in [0.1, 0.15) is 45.3 Å². The average molecular weight is 280 g/mol. The van der Waals surface area contributed by atoms with Crippen LogP contribution in [0.25, 0.3) is 0 Å². The van der Waals surface area contributed by atoms with Crippen LogP contribution in [-0.2, 0) is 5.60 Å². The van der Waals surface area contributed by atoms with E-state index < -0.39 is 5.60 Å². The zero-order valence-electron chi connectivity index (χ0n) is 12.2. The number of amides is 2. The number of hydrogen-bond acceptors (Lipinski definition) is 3. The number of furan rings is 1. The van der Waals surface area contributed by atoms with Crippen molar-refractivity contribution in [2.24, 2.45) is 5.92 Å². The largest absolute Gasteiger partial charge is 0.466 e. The molecule has 0 saturated heterocycles. The first-order valence-corrected chi connectivity index (χ1v) is 7.28. The second-order valence-electron chi connectivity index (χ2n) is 6.05. The first-order chi connectivity index (χ1) is 9.47. The standard InChI is InChI=1S/C15H24N2O3/c1-11-5-3-6-12(9-11)17-14(18)16-10-15(2,19)13-7-4-8-20-13/h4,7-8,11-12,19H,3,5-6,9-10H2,1-2H3,(H2,16,17,18). The molecule has 3 unspecified atom stereocenters. The third-order valence-corrected chi connectivity index (χ3v) is 3.92. The summed E-state index contributed by atoms with van der Waals surface area (Å²) in [6, 6.07) is 3.43. The summed E-state index contributed by atoms with van der Waals surface area (Å²) in [5, 5.41) is 15.9. The second-order valence-corrected chi connectivity index (χ2v) is 6.05. The van der Waals surface area contributed by atoms with Crippen LogP contribution in [0, 0.1) is 5.92 Å². The van der Waals surface area contributed by atoms with Crippen LogP contribution < -0.4 is 10.6 Å². The van der Waals surface area contributed by atoms with E-state index in [4.69, 9.17) is 4.42 Å². The molecule has 2 amide bonds. The Kier molecular flexibility index (Phi) is 4.70. The molecule has 0 aliphatic heterocycles. The maximum absolute atomic E-state index is 11.9. The van der Waals surface area contributed by atoms with Gasteiger partial charge in [-0.3, -0.25) is 0 Å². The first kappa shape index (κ1) is 14.9. The van der Waals surface area contributed by atoms with Crippen molar-refractivity contribution in [1.82, 2.24) is 10.6 Å². The lowest BCUT2D eigenvalue weighted by Crippen LogP contribution is -2.47. The van der Waals surface area contributed by atoms with Crippen molar-refractivity contribution in [3.8, 4) is 0 Å². The Morgan fingerprint density at radius 1 is 1.55 bits per heavy atom. The molecule has 2 rings (SSSR count). The highest BCUT2D eigenvalue weighted by molar-refractivity contribution is 5.74. The van der Waals surface area contributed by atoms with Gasteiger partial charge < -0.3 is 20.2 Å². The molecular weight excluding hydrogens is 256 g/mol. The molecule has 3 atom stereocenters. The van der Waals surface area contributed by atoms with E-state index in [1.54, 1.807) is 19.1 Å². The molecule has 1 aromatic heterocycles. The van der Waals surface area contributed by atoms with Crippen molar-refractivity contribution < 1.29 is 14.3 Å². The third-order valence-electron chi connectivity index (χ3n) is 3.92. The Bertz CT molecular complexity index is 428. The molecule has 1 saturated carbocycles. The van der Waals surface area contributed by atoms with Gasteiger partial charge in [0.05, 0.1) is 12.8 Å². The highest BCUT2D eigenvalue weighted by Gasteiger charge is 2.27. The molecule has 5 nitrogen and oxygen atoms in total. The van der Waals surface area contributed by atoms with Crippen molar-refractivity contribution in [2.75, 3.05) is 6.54 Å². The minimum absolute atomic E-state index is 0.120. The predicted molar refractivity (Wildman–Crippen MR) is 76.2 cm³/mol. The normalized spacial score (nSPS) is 25.8. The van der Waals surface area contributed by atoms with Gasteiger partial charge in [-0.05, 0) is 37.8 Å². The summed E-state index contributed by atoms with van der Waals surface area (Å²) < 4.78 is 5.17. The molecule has 1 heterocycles. The Morgan fingerprint density at radius 3 is 3.00 bits per heavy atom. The van der Waals surface area contributed by atoms with Gasteiger partial charge >= 0.3 is 6.03 Å². The molecule has 1 aliphatic carbocycles. The summed E-state index contributed by atoms with van der Waals surface area (Å²) >= 11 is 0. The fraction of sp³-hybridized carbons (Fsp3) is 0.667. The lowest BCUT2D eigenvalue weighted by molar-refractivity contribution is 0.0366. The molecule has 1 aromatic rings. The Hall–Kier alpha value is -1.49. The van der Waals surface area contributed by atoms with E-state index in [2.05, 4.69) is 17.6 Å². The number of urea groups is 1. The van der Waals surface area contributed by atoms with Gasteiger partial charge in [-0.1, -0.05) is 19.8 Å². The molecule has 0 aromatic carbocycles. The van der Waals surface area contributed by atoms with Gasteiger partial charge in [0.1, 0.15) is 11.4 Å². The van der Waals surface area contributed by atoms with E-state index in [-0.39, 0.29) is 18.6 Å². The fourth-order valence-electron chi connectivity index (χ4n) is 2.73. The molecule has 5 heteroatoms. The Morgan fingerprint density at radius 2 is 2.35 bits per heavy atom. The van der Waals surface area contributed by atoms with Crippen LogP contribution in [0.2, 0.25) is 0 Å². The smallest absolute Gasteiger partial charge is 0.315 e. The molecule has 0 radical (unpaired) electrons. The summed E-state index contributed by atoms with van der Waals surface area (Å²) in [4.78, 5) is 11.9. The van der Waals surface area contributed by atoms with Crippen molar-refractivity contribution in [2.45, 2.75) is 51.2 Å². The van der Waals surface area contributed by atoms with E-state index in [1.165, 1.54) is 12.7 Å². The van der Waals surface area contributed by atoms with Crippen molar-refractivity contribution >= 4 is 6.03 Å². The maximum atomic E-state index is 11.9. The Balaban J connectivity index is 1.77. The molecule has 112 valence electrons. The third kappa shape index (κ3) is 4.00. The lowest BCUT2D eigenvalue weighted by Gasteiger charge is -2.28. The number of hydrogen-bond donors (Lipinski definition) is 3. The predicted octanol–water partition coefficient (Wildman–Crippen LogP) is 2.37. The van der Waals surface area contributed by atoms with Gasteiger partial charge in [0.25, 0.3) is 0 Å². The van der Waals surface area contributed by atoms with Gasteiger partial charge in [-0.25, -0.2) is 4.79 Å². The van der Waals surface area contributed by atoms with Crippen LogP contribution in [0.15, 0.2) is 22.8 Å². The summed E-state index contributed by atoms with van der Waals surface area (Å²) in [5.74, 6) is 1.12. The number of carbonyl (C=O) groups excluding carboxylic acids is 1. The number of rotatable bonds is 4. The number of aliphatic hydroxyl groups is 1. The highest BCUT2D eigenvalue weighted by atomic mass is 16.4. The first-order valence-electron chi connectivity index (χ1n) is 7.28. The summed E-state index contributed by atoms with van der Waals surface area (Å²) in [7, 11) is 0. The average Bonchev–Trinajstić information content (AvgIpc) is 2.91. The molecule has 20 heavy (non-hydrogen) atoms. The zero-order valence-corrected chi connectivity index (χ0v) is 12.2. The Labute approximate surface area is 119 Å².